The van der Waals surface area contributed by atoms with Crippen molar-refractivity contribution >= 4 is 40.7 Å². The average Bonchev–Trinajstić information content (AvgIpc) is 3.69. The van der Waals surface area contributed by atoms with Crippen molar-refractivity contribution in [2.75, 3.05) is 18.5 Å². The first kappa shape index (κ1) is 24.3. The first-order chi connectivity index (χ1) is 17.9. The van der Waals surface area contributed by atoms with E-state index in [0.29, 0.717) is 27.4 Å². The zero-order valence-electron chi connectivity index (χ0n) is 20.0. The molecule has 2 fully saturated rings. The number of carbonyl (C=O) groups excluding carboxylic acids is 2. The fourth-order valence-electron chi connectivity index (χ4n) is 6.02. The van der Waals surface area contributed by atoms with Gasteiger partial charge in [-0.3, -0.25) is 9.59 Å². The van der Waals surface area contributed by atoms with Gasteiger partial charge in [-0.05, 0) is 71.8 Å². The summed E-state index contributed by atoms with van der Waals surface area (Å²) < 4.78 is 5.96. The smallest absolute Gasteiger partial charge is 0.238 e. The van der Waals surface area contributed by atoms with E-state index in [0.717, 1.165) is 35.1 Å². The summed E-state index contributed by atoms with van der Waals surface area (Å²) in [6.07, 6.45) is 2.32. The van der Waals surface area contributed by atoms with Crippen LogP contribution in [0.25, 0.3) is 0 Å². The molecule has 6 rings (SSSR count). The number of halogens is 2. The van der Waals surface area contributed by atoms with Gasteiger partial charge in [-0.2, -0.15) is 0 Å². The van der Waals surface area contributed by atoms with Gasteiger partial charge in [0.1, 0.15) is 17.8 Å². The lowest BCUT2D eigenvalue weighted by Gasteiger charge is -2.46. The number of rotatable bonds is 6. The minimum Gasteiger partial charge on any atom is -0.491 e. The van der Waals surface area contributed by atoms with Crippen molar-refractivity contribution < 1.29 is 19.4 Å². The van der Waals surface area contributed by atoms with E-state index < -0.39 is 17.4 Å². The Kier molecular flexibility index (Phi) is 6.14. The van der Waals surface area contributed by atoms with E-state index in [2.05, 4.69) is 16.7 Å². The van der Waals surface area contributed by atoms with Gasteiger partial charge in [0.25, 0.3) is 0 Å². The quantitative estimate of drug-likeness (QED) is 0.389. The number of hydrogen-bond acceptors (Lipinski definition) is 4. The lowest BCUT2D eigenvalue weighted by atomic mass is 9.59. The van der Waals surface area contributed by atoms with E-state index in [1.165, 1.54) is 0 Å². The molecule has 0 radical (unpaired) electrons. The summed E-state index contributed by atoms with van der Waals surface area (Å²) in [5.74, 6) is 0.103. The lowest BCUT2D eigenvalue weighted by molar-refractivity contribution is -0.131. The van der Waals surface area contributed by atoms with Crippen molar-refractivity contribution in [2.45, 2.75) is 42.6 Å². The number of hydrogen-bond donors (Lipinski definition) is 3. The highest BCUT2D eigenvalue weighted by Gasteiger charge is 2.61. The fraction of sp³-hybridized carbons (Fsp3) is 0.310. The van der Waals surface area contributed by atoms with Crippen LogP contribution >= 0.6 is 23.2 Å². The van der Waals surface area contributed by atoms with Crippen molar-refractivity contribution in [3.8, 4) is 5.75 Å². The lowest BCUT2D eigenvalue weighted by Crippen LogP contribution is -2.57. The summed E-state index contributed by atoms with van der Waals surface area (Å²) in [5.41, 5.74) is 2.88. The number of carbonyl (C=O) groups is 2. The van der Waals surface area contributed by atoms with E-state index in [1.807, 2.05) is 36.4 Å². The minimum atomic E-state index is -1.18. The van der Waals surface area contributed by atoms with Gasteiger partial charge in [0.15, 0.2) is 0 Å². The highest BCUT2D eigenvalue weighted by atomic mass is 35.5. The third kappa shape index (κ3) is 4.08. The summed E-state index contributed by atoms with van der Waals surface area (Å²) in [7, 11) is 0. The number of benzene rings is 3. The molecule has 0 bridgehead atoms. The van der Waals surface area contributed by atoms with Gasteiger partial charge in [0.05, 0.1) is 12.6 Å². The Bertz CT molecular complexity index is 1410. The van der Waals surface area contributed by atoms with Gasteiger partial charge in [-0.15, -0.1) is 0 Å². The molecule has 1 saturated heterocycles. The van der Waals surface area contributed by atoms with Gasteiger partial charge < -0.3 is 20.5 Å². The van der Waals surface area contributed by atoms with Gasteiger partial charge in [0.2, 0.25) is 11.8 Å². The summed E-state index contributed by atoms with van der Waals surface area (Å²) in [4.78, 5) is 27.5. The zero-order chi connectivity index (χ0) is 25.7. The predicted octanol–water partition coefficient (Wildman–Crippen LogP) is 5.48. The maximum absolute atomic E-state index is 14.2. The average molecular weight is 537 g/mol. The zero-order valence-corrected chi connectivity index (χ0v) is 21.5. The SMILES string of the molecule is O=C1CC(c2cccc(Cl)c2)C2(C(=O)Nc3cc(Cl)ccc32)C(c2cc(C3CC3)ccc2OCCO)N1. The Hall–Kier alpha value is -3.06. The van der Waals surface area contributed by atoms with Crippen LogP contribution in [-0.4, -0.2) is 30.1 Å². The molecule has 3 unspecified atom stereocenters. The molecule has 190 valence electrons. The number of fused-ring (bicyclic) bond motifs is 2. The maximum atomic E-state index is 14.2. The molecule has 3 N–H and O–H groups in total. The summed E-state index contributed by atoms with van der Waals surface area (Å²) in [6, 6.07) is 18.0. The van der Waals surface area contributed by atoms with Crippen LogP contribution in [0.5, 0.6) is 5.75 Å². The number of nitrogens with one attached hydrogen (secondary N) is 2. The second-order valence-electron chi connectivity index (χ2n) is 9.97. The maximum Gasteiger partial charge on any atom is 0.238 e. The number of anilines is 1. The van der Waals surface area contributed by atoms with Crippen LogP contribution in [0.3, 0.4) is 0 Å². The molecule has 3 aliphatic rings. The van der Waals surface area contributed by atoms with Crippen molar-refractivity contribution in [3.05, 3.63) is 93.0 Å². The fourth-order valence-corrected chi connectivity index (χ4v) is 6.39. The van der Waals surface area contributed by atoms with E-state index in [-0.39, 0.29) is 31.4 Å². The Morgan fingerprint density at radius 2 is 1.78 bits per heavy atom. The van der Waals surface area contributed by atoms with Crippen molar-refractivity contribution in [1.82, 2.24) is 5.32 Å². The van der Waals surface area contributed by atoms with Crippen LogP contribution in [0.1, 0.15) is 59.4 Å². The Labute approximate surface area is 224 Å². The van der Waals surface area contributed by atoms with Crippen LogP contribution in [0, 0.1) is 0 Å². The van der Waals surface area contributed by atoms with Crippen molar-refractivity contribution in [2.24, 2.45) is 0 Å². The van der Waals surface area contributed by atoms with E-state index in [1.54, 1.807) is 18.2 Å². The van der Waals surface area contributed by atoms with Gasteiger partial charge >= 0.3 is 0 Å². The van der Waals surface area contributed by atoms with Crippen LogP contribution in [-0.2, 0) is 15.0 Å². The standard InChI is InChI=1S/C29H26Cl2N2O4/c30-19-3-1-2-18(12-19)23-15-26(35)33-27(29(23)22-8-7-20(31)14-24(22)32-28(29)36)21-13-17(16-4-5-16)6-9-25(21)37-11-10-34/h1-3,6-9,12-14,16,23,27,34H,4-5,10-11,15H2,(H,32,36)(H,33,35). The third-order valence-electron chi connectivity index (χ3n) is 7.74. The largest absolute Gasteiger partial charge is 0.491 e. The second kappa shape index (κ2) is 9.35. The van der Waals surface area contributed by atoms with Crippen LogP contribution in [0.2, 0.25) is 10.0 Å². The minimum absolute atomic E-state index is 0.0968. The number of piperidine rings is 1. The topological polar surface area (TPSA) is 87.7 Å². The summed E-state index contributed by atoms with van der Waals surface area (Å²) in [6.45, 7) is -0.0570. The molecule has 0 aromatic heterocycles. The number of aliphatic hydroxyl groups excluding tert-OH is 1. The highest BCUT2D eigenvalue weighted by Crippen LogP contribution is 2.59. The molecule has 1 spiro atoms. The van der Waals surface area contributed by atoms with E-state index in [4.69, 9.17) is 27.9 Å². The molecule has 3 aromatic carbocycles. The summed E-state index contributed by atoms with van der Waals surface area (Å²) >= 11 is 12.7. The van der Waals surface area contributed by atoms with Crippen LogP contribution in [0.4, 0.5) is 5.69 Å². The monoisotopic (exact) mass is 536 g/mol. The third-order valence-corrected chi connectivity index (χ3v) is 8.21. The molecule has 3 atom stereocenters. The van der Waals surface area contributed by atoms with Crippen molar-refractivity contribution in [1.29, 1.82) is 0 Å². The highest BCUT2D eigenvalue weighted by molar-refractivity contribution is 6.31. The first-order valence-corrected chi connectivity index (χ1v) is 13.2. The Morgan fingerprint density at radius 1 is 0.973 bits per heavy atom. The van der Waals surface area contributed by atoms with Gasteiger partial charge in [-0.1, -0.05) is 47.5 Å². The first-order valence-electron chi connectivity index (χ1n) is 12.5. The van der Waals surface area contributed by atoms with Gasteiger partial charge in [0, 0.05) is 33.6 Å². The van der Waals surface area contributed by atoms with Crippen molar-refractivity contribution in [3.63, 3.8) is 0 Å². The van der Waals surface area contributed by atoms with Crippen LogP contribution < -0.4 is 15.4 Å². The molecule has 3 aromatic rings. The van der Waals surface area contributed by atoms with E-state index in [9.17, 15) is 14.7 Å². The van der Waals surface area contributed by atoms with E-state index >= 15 is 0 Å². The number of aliphatic hydroxyl groups is 1. The molecule has 6 nitrogen and oxygen atoms in total. The summed E-state index contributed by atoms with van der Waals surface area (Å²) in [5, 5.41) is 16.7. The molecule has 2 heterocycles. The van der Waals surface area contributed by atoms with Gasteiger partial charge in [-0.25, -0.2) is 0 Å². The number of ether oxygens (including phenoxy) is 1. The Balaban J connectivity index is 1.62. The van der Waals surface area contributed by atoms with Crippen LogP contribution in [0.15, 0.2) is 60.7 Å². The molecule has 37 heavy (non-hydrogen) atoms. The Morgan fingerprint density at radius 3 is 2.54 bits per heavy atom. The molecule has 2 amide bonds. The molecule has 8 heteroatoms. The molecular weight excluding hydrogens is 511 g/mol. The normalized spacial score (nSPS) is 24.5. The molecular formula is C29H26Cl2N2O4. The second-order valence-corrected chi connectivity index (χ2v) is 10.8. The predicted molar refractivity (Wildman–Crippen MR) is 142 cm³/mol. The number of amides is 2. The molecule has 2 aliphatic heterocycles. The molecule has 1 saturated carbocycles. The molecule has 1 aliphatic carbocycles.